The van der Waals surface area contributed by atoms with Crippen LogP contribution < -0.4 is 5.32 Å². The Morgan fingerprint density at radius 1 is 1.42 bits per heavy atom. The first-order valence-corrected chi connectivity index (χ1v) is 7.42. The van der Waals surface area contributed by atoms with Crippen LogP contribution in [-0.4, -0.2) is 39.1 Å². The maximum Gasteiger partial charge on any atom is 0.150 e. The predicted octanol–water partition coefficient (Wildman–Crippen LogP) is 1.47. The molecule has 0 radical (unpaired) electrons. The quantitative estimate of drug-likeness (QED) is 0.847. The highest BCUT2D eigenvalue weighted by atomic mass is 16.3. The zero-order valence-corrected chi connectivity index (χ0v) is 12.3. The van der Waals surface area contributed by atoms with Crippen LogP contribution in [0, 0.1) is 0 Å². The highest BCUT2D eigenvalue weighted by Crippen LogP contribution is 2.35. The summed E-state index contributed by atoms with van der Waals surface area (Å²) in [6.07, 6.45) is 6.01. The molecular formula is C14H26N4O. The Kier molecular flexibility index (Phi) is 4.58. The molecule has 2 rings (SSSR count). The minimum atomic E-state index is -0.147. The van der Waals surface area contributed by atoms with Crippen LogP contribution in [0.1, 0.15) is 57.2 Å². The number of rotatable bonds is 5. The summed E-state index contributed by atoms with van der Waals surface area (Å²) < 4.78 is 2.11. The molecule has 5 heteroatoms. The van der Waals surface area contributed by atoms with Crippen molar-refractivity contribution in [2.75, 3.05) is 13.7 Å². The molecule has 5 nitrogen and oxygen atoms in total. The lowest BCUT2D eigenvalue weighted by atomic mass is 9.79. The van der Waals surface area contributed by atoms with Gasteiger partial charge in [-0.05, 0) is 32.7 Å². The second-order valence-corrected chi connectivity index (χ2v) is 5.53. The van der Waals surface area contributed by atoms with Crippen molar-refractivity contribution in [3.63, 3.8) is 0 Å². The van der Waals surface area contributed by atoms with Gasteiger partial charge in [-0.3, -0.25) is 0 Å². The van der Waals surface area contributed by atoms with E-state index in [9.17, 15) is 5.11 Å². The van der Waals surface area contributed by atoms with Gasteiger partial charge in [0.05, 0.1) is 12.6 Å². The Hall–Kier alpha value is -0.940. The van der Waals surface area contributed by atoms with E-state index >= 15 is 0 Å². The number of aromatic nitrogens is 3. The van der Waals surface area contributed by atoms with Gasteiger partial charge < -0.3 is 10.4 Å². The Bertz CT molecular complexity index is 412. The van der Waals surface area contributed by atoms with Gasteiger partial charge >= 0.3 is 0 Å². The molecule has 1 aromatic rings. The summed E-state index contributed by atoms with van der Waals surface area (Å²) >= 11 is 0. The SMILES string of the molecule is CCc1nc(CC)n(C2CCCC(CO)(NC)C2)n1. The van der Waals surface area contributed by atoms with Crippen LogP contribution in [0.5, 0.6) is 0 Å². The number of nitrogens with zero attached hydrogens (tertiary/aromatic N) is 3. The second kappa shape index (κ2) is 6.01. The van der Waals surface area contributed by atoms with E-state index in [1.165, 1.54) is 0 Å². The monoisotopic (exact) mass is 266 g/mol. The largest absolute Gasteiger partial charge is 0.394 e. The van der Waals surface area contributed by atoms with Crippen LogP contribution >= 0.6 is 0 Å². The summed E-state index contributed by atoms with van der Waals surface area (Å²) in [5.41, 5.74) is -0.147. The van der Waals surface area contributed by atoms with E-state index < -0.39 is 0 Å². The standard InChI is InChI=1S/C14H26N4O/c1-4-12-16-13(5-2)18(17-12)11-7-6-8-14(9-11,10-19)15-3/h11,15,19H,4-10H2,1-3H3. The van der Waals surface area contributed by atoms with E-state index in [2.05, 4.69) is 33.9 Å². The third-order valence-corrected chi connectivity index (χ3v) is 4.38. The fourth-order valence-electron chi connectivity index (χ4n) is 3.08. The number of likely N-dealkylation sites (N-methyl/N-ethyl adjacent to an activating group) is 1. The van der Waals surface area contributed by atoms with Crippen LogP contribution in [0.15, 0.2) is 0 Å². The van der Waals surface area contributed by atoms with Gasteiger partial charge in [0.2, 0.25) is 0 Å². The molecule has 2 unspecified atom stereocenters. The first-order chi connectivity index (χ1) is 9.18. The van der Waals surface area contributed by atoms with Gasteiger partial charge in [-0.1, -0.05) is 13.8 Å². The van der Waals surface area contributed by atoms with Crippen molar-refractivity contribution in [1.82, 2.24) is 20.1 Å². The van der Waals surface area contributed by atoms with Gasteiger partial charge in [0, 0.05) is 18.4 Å². The van der Waals surface area contributed by atoms with Gasteiger partial charge in [-0.15, -0.1) is 0 Å². The first-order valence-electron chi connectivity index (χ1n) is 7.42. The zero-order chi connectivity index (χ0) is 13.9. The predicted molar refractivity (Wildman–Crippen MR) is 75.2 cm³/mol. The Labute approximate surface area is 115 Å². The summed E-state index contributed by atoms with van der Waals surface area (Å²) in [6.45, 7) is 4.41. The number of aliphatic hydroxyl groups excluding tert-OH is 1. The van der Waals surface area contributed by atoms with Crippen LogP contribution in [-0.2, 0) is 12.8 Å². The van der Waals surface area contributed by atoms with Crippen molar-refractivity contribution >= 4 is 0 Å². The lowest BCUT2D eigenvalue weighted by Gasteiger charge is -2.39. The second-order valence-electron chi connectivity index (χ2n) is 5.53. The average molecular weight is 266 g/mol. The van der Waals surface area contributed by atoms with Crippen LogP contribution in [0.3, 0.4) is 0 Å². The highest BCUT2D eigenvalue weighted by Gasteiger charge is 2.36. The fraction of sp³-hybridized carbons (Fsp3) is 0.857. The van der Waals surface area contributed by atoms with E-state index in [0.29, 0.717) is 6.04 Å². The van der Waals surface area contributed by atoms with Gasteiger partial charge in [-0.2, -0.15) is 5.10 Å². The topological polar surface area (TPSA) is 63.0 Å². The maximum absolute atomic E-state index is 9.68. The molecule has 2 atom stereocenters. The van der Waals surface area contributed by atoms with Gasteiger partial charge in [0.1, 0.15) is 5.82 Å². The lowest BCUT2D eigenvalue weighted by Crippen LogP contribution is -2.50. The smallest absolute Gasteiger partial charge is 0.150 e. The first kappa shape index (κ1) is 14.5. The molecule has 0 saturated heterocycles. The van der Waals surface area contributed by atoms with E-state index in [1.807, 2.05) is 7.05 Å². The summed E-state index contributed by atoms with van der Waals surface area (Å²) in [4.78, 5) is 4.59. The van der Waals surface area contributed by atoms with E-state index in [4.69, 9.17) is 0 Å². The summed E-state index contributed by atoms with van der Waals surface area (Å²) in [6, 6.07) is 0.357. The summed E-state index contributed by atoms with van der Waals surface area (Å²) in [5.74, 6) is 2.01. The summed E-state index contributed by atoms with van der Waals surface area (Å²) in [7, 11) is 1.94. The molecule has 1 heterocycles. The van der Waals surface area contributed by atoms with Crippen molar-refractivity contribution in [2.24, 2.45) is 0 Å². The van der Waals surface area contributed by atoms with Crippen molar-refractivity contribution in [3.05, 3.63) is 11.6 Å². The van der Waals surface area contributed by atoms with E-state index in [-0.39, 0.29) is 12.1 Å². The third kappa shape index (κ3) is 2.82. The normalized spacial score (nSPS) is 27.7. The number of hydrogen-bond acceptors (Lipinski definition) is 4. The molecule has 1 saturated carbocycles. The molecule has 1 aliphatic carbocycles. The molecule has 1 fully saturated rings. The fourth-order valence-corrected chi connectivity index (χ4v) is 3.08. The molecule has 0 spiro atoms. The maximum atomic E-state index is 9.68. The molecule has 1 aliphatic rings. The van der Waals surface area contributed by atoms with E-state index in [1.54, 1.807) is 0 Å². The minimum absolute atomic E-state index is 0.147. The van der Waals surface area contributed by atoms with Gasteiger partial charge in [-0.25, -0.2) is 9.67 Å². The molecule has 0 aromatic carbocycles. The average Bonchev–Trinajstić information content (AvgIpc) is 2.90. The van der Waals surface area contributed by atoms with Gasteiger partial charge in [0.25, 0.3) is 0 Å². The molecule has 0 amide bonds. The zero-order valence-electron chi connectivity index (χ0n) is 12.3. The van der Waals surface area contributed by atoms with E-state index in [0.717, 1.165) is 50.2 Å². The molecular weight excluding hydrogens is 240 g/mol. The Morgan fingerprint density at radius 2 is 2.21 bits per heavy atom. The molecule has 2 N–H and O–H groups in total. The van der Waals surface area contributed by atoms with Crippen molar-refractivity contribution in [2.45, 2.75) is 64.0 Å². The van der Waals surface area contributed by atoms with Crippen molar-refractivity contribution in [1.29, 1.82) is 0 Å². The number of hydrogen-bond donors (Lipinski definition) is 2. The molecule has 0 bridgehead atoms. The van der Waals surface area contributed by atoms with Crippen LogP contribution in [0.25, 0.3) is 0 Å². The Morgan fingerprint density at radius 3 is 2.79 bits per heavy atom. The highest BCUT2D eigenvalue weighted by molar-refractivity contribution is 5.00. The Balaban J connectivity index is 2.23. The number of aryl methyl sites for hydroxylation is 2. The molecule has 1 aromatic heterocycles. The van der Waals surface area contributed by atoms with Crippen LogP contribution in [0.4, 0.5) is 0 Å². The number of nitrogens with one attached hydrogen (secondary N) is 1. The lowest BCUT2D eigenvalue weighted by molar-refractivity contribution is 0.100. The summed E-state index contributed by atoms with van der Waals surface area (Å²) in [5, 5.41) is 17.6. The third-order valence-electron chi connectivity index (χ3n) is 4.38. The molecule has 0 aliphatic heterocycles. The van der Waals surface area contributed by atoms with Crippen molar-refractivity contribution < 1.29 is 5.11 Å². The minimum Gasteiger partial charge on any atom is -0.394 e. The van der Waals surface area contributed by atoms with Gasteiger partial charge in [0.15, 0.2) is 5.82 Å². The molecule has 108 valence electrons. The van der Waals surface area contributed by atoms with Crippen molar-refractivity contribution in [3.8, 4) is 0 Å². The van der Waals surface area contributed by atoms with Crippen LogP contribution in [0.2, 0.25) is 0 Å². The number of aliphatic hydroxyl groups is 1. The molecule has 19 heavy (non-hydrogen) atoms.